The molecule has 0 aromatic carbocycles. The Balaban J connectivity index is 2.56. The third kappa shape index (κ3) is 7.32. The summed E-state index contributed by atoms with van der Waals surface area (Å²) in [5.41, 5.74) is 0. The SMILES string of the molecule is CCCCC[C@H](O)/C=C/[C@@H]1[C@@H](CC(C)CCC(=O)O)[C@@H](O)C[C@H]1O. The highest BCUT2D eigenvalue weighted by molar-refractivity contribution is 5.66. The van der Waals surface area contributed by atoms with Crippen molar-refractivity contribution in [1.29, 1.82) is 0 Å². The first-order chi connectivity index (χ1) is 11.3. The number of carboxylic acid groups (broad SMARTS) is 1. The summed E-state index contributed by atoms with van der Waals surface area (Å²) in [4.78, 5) is 10.7. The summed E-state index contributed by atoms with van der Waals surface area (Å²) in [5, 5.41) is 39.2. The molecule has 140 valence electrons. The lowest BCUT2D eigenvalue weighted by Crippen LogP contribution is -2.23. The summed E-state index contributed by atoms with van der Waals surface area (Å²) in [6, 6.07) is 0. The Kier molecular flexibility index (Phi) is 9.56. The van der Waals surface area contributed by atoms with E-state index in [-0.39, 0.29) is 24.2 Å². The van der Waals surface area contributed by atoms with Crippen LogP contribution in [0.2, 0.25) is 0 Å². The van der Waals surface area contributed by atoms with Crippen LogP contribution in [-0.2, 0) is 4.79 Å². The lowest BCUT2D eigenvalue weighted by atomic mass is 9.83. The number of unbranched alkanes of at least 4 members (excludes halogenated alkanes) is 2. The van der Waals surface area contributed by atoms with Crippen LogP contribution >= 0.6 is 0 Å². The molecule has 0 heterocycles. The summed E-state index contributed by atoms with van der Waals surface area (Å²) in [5.74, 6) is -0.882. The van der Waals surface area contributed by atoms with Gasteiger partial charge in [-0.15, -0.1) is 0 Å². The minimum absolute atomic E-state index is 0.0807. The molecular formula is C19H34O5. The Hall–Kier alpha value is -0.910. The number of hydrogen-bond donors (Lipinski definition) is 4. The van der Waals surface area contributed by atoms with Crippen LogP contribution in [0.1, 0.15) is 65.2 Å². The number of hydrogen-bond acceptors (Lipinski definition) is 4. The van der Waals surface area contributed by atoms with Crippen molar-refractivity contribution in [3.8, 4) is 0 Å². The molecule has 1 aliphatic rings. The van der Waals surface area contributed by atoms with Crippen molar-refractivity contribution in [2.75, 3.05) is 0 Å². The first kappa shape index (κ1) is 21.1. The Morgan fingerprint density at radius 3 is 2.54 bits per heavy atom. The fraction of sp³-hybridized carbons (Fsp3) is 0.842. The quantitative estimate of drug-likeness (QED) is 0.342. The summed E-state index contributed by atoms with van der Waals surface area (Å²) in [6.07, 6.45) is 7.56. The summed E-state index contributed by atoms with van der Waals surface area (Å²) in [7, 11) is 0. The van der Waals surface area contributed by atoms with Crippen LogP contribution in [0.25, 0.3) is 0 Å². The average Bonchev–Trinajstić information content (AvgIpc) is 2.77. The van der Waals surface area contributed by atoms with Gasteiger partial charge in [-0.2, -0.15) is 0 Å². The maximum Gasteiger partial charge on any atom is 0.303 e. The van der Waals surface area contributed by atoms with Gasteiger partial charge in [-0.3, -0.25) is 4.79 Å². The number of rotatable bonds is 11. The van der Waals surface area contributed by atoms with Crippen molar-refractivity contribution in [1.82, 2.24) is 0 Å². The molecule has 0 bridgehead atoms. The Morgan fingerprint density at radius 1 is 1.21 bits per heavy atom. The smallest absolute Gasteiger partial charge is 0.303 e. The monoisotopic (exact) mass is 342 g/mol. The van der Waals surface area contributed by atoms with Crippen molar-refractivity contribution in [2.45, 2.75) is 83.5 Å². The number of aliphatic carboxylic acids is 1. The van der Waals surface area contributed by atoms with Gasteiger partial charge in [0.2, 0.25) is 0 Å². The minimum atomic E-state index is -0.805. The molecule has 1 fully saturated rings. The minimum Gasteiger partial charge on any atom is -0.481 e. The normalized spacial score (nSPS) is 29.9. The van der Waals surface area contributed by atoms with Crippen molar-refractivity contribution in [3.05, 3.63) is 12.2 Å². The molecule has 0 spiro atoms. The number of aliphatic hydroxyl groups is 3. The summed E-state index contributed by atoms with van der Waals surface area (Å²) >= 11 is 0. The van der Waals surface area contributed by atoms with Gasteiger partial charge in [-0.25, -0.2) is 0 Å². The van der Waals surface area contributed by atoms with Gasteiger partial charge < -0.3 is 20.4 Å². The van der Waals surface area contributed by atoms with Gasteiger partial charge in [0.25, 0.3) is 0 Å². The van der Waals surface area contributed by atoms with Gasteiger partial charge in [-0.05, 0) is 31.1 Å². The second kappa shape index (κ2) is 10.9. The molecule has 0 aliphatic heterocycles. The predicted octanol–water partition coefficient (Wildman–Crippen LogP) is 2.73. The standard InChI is InChI=1S/C19H34O5/c1-3-4-5-6-14(20)8-9-15-16(18(22)12-17(15)21)11-13(2)7-10-19(23)24/h8-9,13-18,20-22H,3-7,10-12H2,1-2H3,(H,23,24)/b9-8+/t13?,14-,15+,16+,17+,18-/m0/s1. The van der Waals surface area contributed by atoms with Crippen LogP contribution in [0.3, 0.4) is 0 Å². The maximum atomic E-state index is 10.7. The van der Waals surface area contributed by atoms with Gasteiger partial charge in [0.1, 0.15) is 0 Å². The van der Waals surface area contributed by atoms with E-state index in [4.69, 9.17) is 5.11 Å². The van der Waals surface area contributed by atoms with Gasteiger partial charge in [-0.1, -0.05) is 45.3 Å². The fourth-order valence-corrected chi connectivity index (χ4v) is 3.62. The molecule has 1 unspecified atom stereocenters. The van der Waals surface area contributed by atoms with E-state index in [0.717, 1.165) is 25.7 Å². The topological polar surface area (TPSA) is 98.0 Å². The highest BCUT2D eigenvalue weighted by Crippen LogP contribution is 2.38. The number of carbonyl (C=O) groups is 1. The van der Waals surface area contributed by atoms with Gasteiger partial charge in [0.15, 0.2) is 0 Å². The van der Waals surface area contributed by atoms with E-state index in [1.54, 1.807) is 6.08 Å². The molecule has 6 atom stereocenters. The molecule has 0 amide bonds. The van der Waals surface area contributed by atoms with E-state index in [9.17, 15) is 20.1 Å². The van der Waals surface area contributed by atoms with Crippen molar-refractivity contribution in [3.63, 3.8) is 0 Å². The molecule has 0 aromatic rings. The number of aliphatic hydroxyl groups excluding tert-OH is 3. The van der Waals surface area contributed by atoms with Crippen LogP contribution in [-0.4, -0.2) is 44.7 Å². The van der Waals surface area contributed by atoms with Gasteiger partial charge in [0.05, 0.1) is 18.3 Å². The van der Waals surface area contributed by atoms with E-state index in [1.165, 1.54) is 0 Å². The lowest BCUT2D eigenvalue weighted by Gasteiger charge is -2.24. The van der Waals surface area contributed by atoms with Gasteiger partial charge >= 0.3 is 5.97 Å². The van der Waals surface area contributed by atoms with Gasteiger partial charge in [0, 0.05) is 18.8 Å². The molecule has 4 N–H and O–H groups in total. The molecule has 1 aliphatic carbocycles. The van der Waals surface area contributed by atoms with E-state index in [0.29, 0.717) is 19.3 Å². The van der Waals surface area contributed by atoms with E-state index in [1.807, 2.05) is 13.0 Å². The fourth-order valence-electron chi connectivity index (χ4n) is 3.62. The first-order valence-corrected chi connectivity index (χ1v) is 9.29. The van der Waals surface area contributed by atoms with Crippen LogP contribution in [0.15, 0.2) is 12.2 Å². The highest BCUT2D eigenvalue weighted by atomic mass is 16.4. The molecule has 0 radical (unpaired) electrons. The Morgan fingerprint density at radius 2 is 1.92 bits per heavy atom. The van der Waals surface area contributed by atoms with Crippen molar-refractivity contribution in [2.24, 2.45) is 17.8 Å². The third-order valence-corrected chi connectivity index (χ3v) is 5.10. The van der Waals surface area contributed by atoms with Crippen molar-refractivity contribution < 1.29 is 25.2 Å². The molecule has 5 heteroatoms. The molecule has 0 aromatic heterocycles. The largest absolute Gasteiger partial charge is 0.481 e. The third-order valence-electron chi connectivity index (χ3n) is 5.10. The zero-order chi connectivity index (χ0) is 18.1. The van der Waals surface area contributed by atoms with E-state index in [2.05, 4.69) is 6.92 Å². The lowest BCUT2D eigenvalue weighted by molar-refractivity contribution is -0.137. The zero-order valence-electron chi connectivity index (χ0n) is 15.0. The summed E-state index contributed by atoms with van der Waals surface area (Å²) < 4.78 is 0. The average molecular weight is 342 g/mol. The molecular weight excluding hydrogens is 308 g/mol. The van der Waals surface area contributed by atoms with Crippen LogP contribution < -0.4 is 0 Å². The maximum absolute atomic E-state index is 10.7. The first-order valence-electron chi connectivity index (χ1n) is 9.29. The second-order valence-electron chi connectivity index (χ2n) is 7.33. The van der Waals surface area contributed by atoms with Crippen LogP contribution in [0, 0.1) is 17.8 Å². The predicted molar refractivity (Wildman–Crippen MR) is 93.6 cm³/mol. The summed E-state index contributed by atoms with van der Waals surface area (Å²) in [6.45, 7) is 4.11. The van der Waals surface area contributed by atoms with Crippen LogP contribution in [0.4, 0.5) is 0 Å². The second-order valence-corrected chi connectivity index (χ2v) is 7.33. The number of carboxylic acids is 1. The van der Waals surface area contributed by atoms with E-state index >= 15 is 0 Å². The van der Waals surface area contributed by atoms with Crippen LogP contribution in [0.5, 0.6) is 0 Å². The Bertz CT molecular complexity index is 395. The Labute approximate surface area is 145 Å². The molecule has 24 heavy (non-hydrogen) atoms. The van der Waals surface area contributed by atoms with E-state index < -0.39 is 24.3 Å². The van der Waals surface area contributed by atoms with Crippen molar-refractivity contribution >= 4 is 5.97 Å². The molecule has 1 saturated carbocycles. The highest BCUT2D eigenvalue weighted by Gasteiger charge is 2.40. The molecule has 0 saturated heterocycles. The molecule has 5 nitrogen and oxygen atoms in total. The zero-order valence-corrected chi connectivity index (χ0v) is 15.0. The molecule has 1 rings (SSSR count).